The van der Waals surface area contributed by atoms with E-state index in [-0.39, 0.29) is 18.7 Å². The van der Waals surface area contributed by atoms with Crippen LogP contribution in [0, 0.1) is 0 Å². The monoisotopic (exact) mass is 191 g/mol. The smallest absolute Gasteiger partial charge is 0.177 e. The lowest BCUT2D eigenvalue weighted by Gasteiger charge is -2.06. The molecule has 1 fully saturated rings. The van der Waals surface area contributed by atoms with Gasteiger partial charge in [0.15, 0.2) is 6.29 Å². The van der Waals surface area contributed by atoms with Crippen LogP contribution in [0.2, 0.25) is 0 Å². The minimum absolute atomic E-state index is 0. The normalized spacial score (nSPS) is 17.7. The largest absolute Gasteiger partial charge is 0.348 e. The molecule has 0 bridgehead atoms. The Bertz CT molecular complexity index is 211. The highest BCUT2D eigenvalue weighted by Gasteiger charge is 2.15. The third-order valence-electron chi connectivity index (χ3n) is 1.49. The first-order chi connectivity index (χ1) is 5.45. The van der Waals surface area contributed by atoms with E-state index in [9.17, 15) is 0 Å². The molecule has 1 saturated heterocycles. The fourth-order valence-corrected chi connectivity index (χ4v) is 0.992. The van der Waals surface area contributed by atoms with Gasteiger partial charge in [0.1, 0.15) is 12.7 Å². The molecule has 0 amide bonds. The van der Waals surface area contributed by atoms with E-state index in [1.807, 2.05) is 0 Å². The molecule has 6 heteroatoms. The first kappa shape index (κ1) is 9.44. The number of hydrogen-bond acceptors (Lipinski definition) is 4. The van der Waals surface area contributed by atoms with Gasteiger partial charge in [-0.25, -0.2) is 9.67 Å². The summed E-state index contributed by atoms with van der Waals surface area (Å²) in [5.74, 6) is 0. The molecule has 1 aromatic rings. The van der Waals surface area contributed by atoms with Gasteiger partial charge in [-0.3, -0.25) is 0 Å². The first-order valence-corrected chi connectivity index (χ1v) is 3.51. The van der Waals surface area contributed by atoms with E-state index in [1.54, 1.807) is 11.0 Å². The average molecular weight is 192 g/mol. The second-order valence-corrected chi connectivity index (χ2v) is 2.29. The molecule has 1 aromatic heterocycles. The van der Waals surface area contributed by atoms with Crippen molar-refractivity contribution in [2.24, 2.45) is 0 Å². The van der Waals surface area contributed by atoms with Crippen molar-refractivity contribution >= 4 is 12.4 Å². The minimum Gasteiger partial charge on any atom is -0.348 e. The van der Waals surface area contributed by atoms with E-state index >= 15 is 0 Å². The molecule has 2 rings (SSSR count). The Morgan fingerprint density at radius 2 is 2.17 bits per heavy atom. The highest BCUT2D eigenvalue weighted by atomic mass is 35.5. The van der Waals surface area contributed by atoms with E-state index in [2.05, 4.69) is 10.1 Å². The number of ether oxygens (including phenoxy) is 2. The minimum atomic E-state index is -0.142. The van der Waals surface area contributed by atoms with Gasteiger partial charge in [0, 0.05) is 0 Å². The SMILES string of the molecule is Cl.c1ncn(CC2OCCO2)n1. The predicted molar refractivity (Wildman–Crippen MR) is 43.0 cm³/mol. The Morgan fingerprint density at radius 3 is 2.75 bits per heavy atom. The van der Waals surface area contributed by atoms with Crippen molar-refractivity contribution in [1.29, 1.82) is 0 Å². The van der Waals surface area contributed by atoms with E-state index in [4.69, 9.17) is 9.47 Å². The third kappa shape index (κ3) is 2.17. The Labute approximate surface area is 76.1 Å². The highest BCUT2D eigenvalue weighted by Crippen LogP contribution is 2.04. The summed E-state index contributed by atoms with van der Waals surface area (Å²) in [5.41, 5.74) is 0. The van der Waals surface area contributed by atoms with Gasteiger partial charge in [-0.05, 0) is 0 Å². The molecule has 0 spiro atoms. The molecular weight excluding hydrogens is 182 g/mol. The third-order valence-corrected chi connectivity index (χ3v) is 1.49. The van der Waals surface area contributed by atoms with Gasteiger partial charge in [-0.15, -0.1) is 12.4 Å². The van der Waals surface area contributed by atoms with Crippen LogP contribution in [0.3, 0.4) is 0 Å². The number of halogens is 1. The second-order valence-electron chi connectivity index (χ2n) is 2.29. The molecule has 0 saturated carbocycles. The van der Waals surface area contributed by atoms with Crippen molar-refractivity contribution in [2.45, 2.75) is 12.8 Å². The van der Waals surface area contributed by atoms with Crippen molar-refractivity contribution in [3.63, 3.8) is 0 Å². The predicted octanol–water partition coefficient (Wildman–Crippen LogP) is 0.0728. The molecule has 0 radical (unpaired) electrons. The second kappa shape index (κ2) is 4.39. The lowest BCUT2D eigenvalue weighted by Crippen LogP contribution is -2.16. The summed E-state index contributed by atoms with van der Waals surface area (Å²) < 4.78 is 12.1. The van der Waals surface area contributed by atoms with Crippen LogP contribution in [-0.4, -0.2) is 34.3 Å². The zero-order valence-electron chi connectivity index (χ0n) is 6.42. The van der Waals surface area contributed by atoms with Crippen LogP contribution in [0.15, 0.2) is 12.7 Å². The summed E-state index contributed by atoms with van der Waals surface area (Å²) in [4.78, 5) is 3.80. The summed E-state index contributed by atoms with van der Waals surface area (Å²) in [6, 6.07) is 0. The zero-order chi connectivity index (χ0) is 7.52. The van der Waals surface area contributed by atoms with Crippen LogP contribution >= 0.6 is 12.4 Å². The molecule has 5 nitrogen and oxygen atoms in total. The fourth-order valence-electron chi connectivity index (χ4n) is 0.992. The summed E-state index contributed by atoms with van der Waals surface area (Å²) in [5, 5.41) is 3.93. The van der Waals surface area contributed by atoms with E-state index in [1.165, 1.54) is 6.33 Å². The molecule has 0 aromatic carbocycles. The number of rotatable bonds is 2. The van der Waals surface area contributed by atoms with Crippen molar-refractivity contribution in [1.82, 2.24) is 14.8 Å². The van der Waals surface area contributed by atoms with Gasteiger partial charge in [0.05, 0.1) is 19.8 Å². The van der Waals surface area contributed by atoms with Crippen molar-refractivity contribution < 1.29 is 9.47 Å². The summed E-state index contributed by atoms with van der Waals surface area (Å²) in [6.07, 6.45) is 3.00. The molecule has 1 aliphatic rings. The van der Waals surface area contributed by atoms with Crippen LogP contribution in [0.1, 0.15) is 0 Å². The number of aromatic nitrogens is 3. The Balaban J connectivity index is 0.000000720. The summed E-state index contributed by atoms with van der Waals surface area (Å²) >= 11 is 0. The molecule has 0 N–H and O–H groups in total. The van der Waals surface area contributed by atoms with Crippen molar-refractivity contribution in [2.75, 3.05) is 13.2 Å². The van der Waals surface area contributed by atoms with E-state index < -0.39 is 0 Å². The van der Waals surface area contributed by atoms with Crippen LogP contribution in [0.5, 0.6) is 0 Å². The van der Waals surface area contributed by atoms with Crippen molar-refractivity contribution in [3.05, 3.63) is 12.7 Å². The maximum atomic E-state index is 5.22. The zero-order valence-corrected chi connectivity index (χ0v) is 7.24. The van der Waals surface area contributed by atoms with E-state index in [0.717, 1.165) is 0 Å². The summed E-state index contributed by atoms with van der Waals surface area (Å²) in [6.45, 7) is 1.98. The van der Waals surface area contributed by atoms with Crippen molar-refractivity contribution in [3.8, 4) is 0 Å². The Kier molecular flexibility index (Phi) is 3.46. The Morgan fingerprint density at radius 1 is 1.42 bits per heavy atom. The highest BCUT2D eigenvalue weighted by molar-refractivity contribution is 5.85. The van der Waals surface area contributed by atoms with Gasteiger partial charge in [0.25, 0.3) is 0 Å². The molecule has 0 unspecified atom stereocenters. The first-order valence-electron chi connectivity index (χ1n) is 3.51. The molecule has 1 aliphatic heterocycles. The molecule has 12 heavy (non-hydrogen) atoms. The molecule has 2 heterocycles. The van der Waals surface area contributed by atoms with Crippen LogP contribution in [-0.2, 0) is 16.0 Å². The maximum absolute atomic E-state index is 5.22. The molecule has 68 valence electrons. The van der Waals surface area contributed by atoms with Gasteiger partial charge < -0.3 is 9.47 Å². The van der Waals surface area contributed by atoms with Crippen LogP contribution < -0.4 is 0 Å². The quantitative estimate of drug-likeness (QED) is 0.664. The van der Waals surface area contributed by atoms with Gasteiger partial charge in [-0.2, -0.15) is 5.10 Å². The van der Waals surface area contributed by atoms with Gasteiger partial charge >= 0.3 is 0 Å². The lowest BCUT2D eigenvalue weighted by molar-refractivity contribution is -0.0546. The summed E-state index contributed by atoms with van der Waals surface area (Å²) in [7, 11) is 0. The Hall–Kier alpha value is -0.650. The number of nitrogens with zero attached hydrogens (tertiary/aromatic N) is 3. The molecule has 0 aliphatic carbocycles. The van der Waals surface area contributed by atoms with Crippen LogP contribution in [0.4, 0.5) is 0 Å². The average Bonchev–Trinajstić information content (AvgIpc) is 2.60. The van der Waals surface area contributed by atoms with E-state index in [0.29, 0.717) is 19.8 Å². The maximum Gasteiger partial charge on any atom is 0.177 e. The standard InChI is InChI=1S/C6H9N3O2.ClH/c1-2-11-6(10-1)3-9-5-7-4-8-9;/h4-6H,1-3H2;1H. The molecular formula is C6H10ClN3O2. The van der Waals surface area contributed by atoms with Gasteiger partial charge in [0.2, 0.25) is 0 Å². The van der Waals surface area contributed by atoms with Gasteiger partial charge in [-0.1, -0.05) is 0 Å². The molecule has 0 atom stereocenters. The topological polar surface area (TPSA) is 49.2 Å². The van der Waals surface area contributed by atoms with Crippen LogP contribution in [0.25, 0.3) is 0 Å². The lowest BCUT2D eigenvalue weighted by atomic mass is 10.6. The number of hydrogen-bond donors (Lipinski definition) is 0. The fraction of sp³-hybridized carbons (Fsp3) is 0.667.